The third kappa shape index (κ3) is 2.75. The SMILES string of the molecule is O=C(O)c1cc(Cl)ccc1-c1cc(Cl)nc(Cl)c1. The standard InChI is InChI=1S/C12H6Cl3NO2/c13-7-1-2-8(9(5-7)12(17)18)6-3-10(14)16-11(15)4-6/h1-5H,(H,17,18). The predicted molar refractivity (Wildman–Crippen MR) is 71.7 cm³/mol. The van der Waals surface area contributed by atoms with Crippen molar-refractivity contribution in [2.75, 3.05) is 0 Å². The third-order valence-corrected chi connectivity index (χ3v) is 2.91. The lowest BCUT2D eigenvalue weighted by Crippen LogP contribution is -1.99. The number of hydrogen-bond donors (Lipinski definition) is 1. The summed E-state index contributed by atoms with van der Waals surface area (Å²) >= 11 is 17.4. The van der Waals surface area contributed by atoms with Gasteiger partial charge in [-0.3, -0.25) is 0 Å². The molecule has 0 bridgehead atoms. The normalized spacial score (nSPS) is 10.4. The number of carboxylic acid groups (broad SMARTS) is 1. The molecule has 0 aliphatic rings. The first-order chi connectivity index (χ1) is 8.47. The molecule has 1 N–H and O–H groups in total. The maximum Gasteiger partial charge on any atom is 0.336 e. The van der Waals surface area contributed by atoms with Crippen molar-refractivity contribution in [3.63, 3.8) is 0 Å². The zero-order valence-electron chi connectivity index (χ0n) is 8.82. The van der Waals surface area contributed by atoms with Gasteiger partial charge in [-0.1, -0.05) is 40.9 Å². The van der Waals surface area contributed by atoms with Gasteiger partial charge in [-0.15, -0.1) is 0 Å². The van der Waals surface area contributed by atoms with Crippen LogP contribution in [0.25, 0.3) is 11.1 Å². The predicted octanol–water partition coefficient (Wildman–Crippen LogP) is 4.41. The van der Waals surface area contributed by atoms with E-state index in [0.29, 0.717) is 16.1 Å². The summed E-state index contributed by atoms with van der Waals surface area (Å²) in [7, 11) is 0. The van der Waals surface area contributed by atoms with Crippen LogP contribution in [0.3, 0.4) is 0 Å². The van der Waals surface area contributed by atoms with Gasteiger partial charge < -0.3 is 5.11 Å². The van der Waals surface area contributed by atoms with E-state index in [0.717, 1.165) is 0 Å². The number of aromatic carboxylic acids is 1. The molecule has 0 amide bonds. The fourth-order valence-electron chi connectivity index (χ4n) is 1.57. The highest BCUT2D eigenvalue weighted by atomic mass is 35.5. The monoisotopic (exact) mass is 301 g/mol. The highest BCUT2D eigenvalue weighted by Crippen LogP contribution is 2.29. The smallest absolute Gasteiger partial charge is 0.336 e. The van der Waals surface area contributed by atoms with Gasteiger partial charge in [-0.05, 0) is 35.4 Å². The Morgan fingerprint density at radius 3 is 2.22 bits per heavy atom. The summed E-state index contributed by atoms with van der Waals surface area (Å²) in [6.07, 6.45) is 0. The first kappa shape index (κ1) is 13.1. The summed E-state index contributed by atoms with van der Waals surface area (Å²) in [5.74, 6) is -1.07. The molecule has 92 valence electrons. The van der Waals surface area contributed by atoms with Crippen molar-refractivity contribution in [1.82, 2.24) is 4.98 Å². The largest absolute Gasteiger partial charge is 0.478 e. The Labute approximate surface area is 118 Å². The Morgan fingerprint density at radius 2 is 1.67 bits per heavy atom. The molecule has 1 aromatic carbocycles. The molecule has 0 atom stereocenters. The van der Waals surface area contributed by atoms with Gasteiger partial charge in [0.2, 0.25) is 0 Å². The molecular formula is C12H6Cl3NO2. The summed E-state index contributed by atoms with van der Waals surface area (Å²) in [6.45, 7) is 0. The molecule has 1 heterocycles. The minimum Gasteiger partial charge on any atom is -0.478 e. The van der Waals surface area contributed by atoms with Crippen molar-refractivity contribution in [2.45, 2.75) is 0 Å². The van der Waals surface area contributed by atoms with Gasteiger partial charge in [0.15, 0.2) is 0 Å². The van der Waals surface area contributed by atoms with Crippen LogP contribution in [0.2, 0.25) is 15.3 Å². The molecule has 18 heavy (non-hydrogen) atoms. The number of benzene rings is 1. The van der Waals surface area contributed by atoms with Crippen molar-refractivity contribution >= 4 is 40.8 Å². The molecule has 1 aromatic heterocycles. The van der Waals surface area contributed by atoms with Crippen molar-refractivity contribution in [3.05, 3.63) is 51.2 Å². The summed E-state index contributed by atoms with van der Waals surface area (Å²) in [5, 5.41) is 9.90. The number of carbonyl (C=O) groups is 1. The molecule has 2 aromatic rings. The van der Waals surface area contributed by atoms with Crippen LogP contribution in [0.5, 0.6) is 0 Å². The molecule has 0 saturated heterocycles. The van der Waals surface area contributed by atoms with Crippen LogP contribution in [0, 0.1) is 0 Å². The first-order valence-corrected chi connectivity index (χ1v) is 5.97. The number of nitrogens with zero attached hydrogens (tertiary/aromatic N) is 1. The first-order valence-electron chi connectivity index (χ1n) is 4.83. The van der Waals surface area contributed by atoms with E-state index >= 15 is 0 Å². The van der Waals surface area contributed by atoms with Gasteiger partial charge >= 0.3 is 5.97 Å². The fraction of sp³-hybridized carbons (Fsp3) is 0. The van der Waals surface area contributed by atoms with Gasteiger partial charge in [-0.2, -0.15) is 0 Å². The van der Waals surface area contributed by atoms with Crippen LogP contribution in [0.15, 0.2) is 30.3 Å². The molecular weight excluding hydrogens is 296 g/mol. The van der Waals surface area contributed by atoms with Gasteiger partial charge in [0.25, 0.3) is 0 Å². The number of carboxylic acids is 1. The van der Waals surface area contributed by atoms with E-state index in [2.05, 4.69) is 4.98 Å². The Hall–Kier alpha value is -1.29. The quantitative estimate of drug-likeness (QED) is 0.836. The number of pyridine rings is 1. The molecule has 0 fully saturated rings. The van der Waals surface area contributed by atoms with Crippen molar-refractivity contribution in [1.29, 1.82) is 0 Å². The molecule has 6 heteroatoms. The van der Waals surface area contributed by atoms with Gasteiger partial charge in [0.1, 0.15) is 10.3 Å². The Balaban J connectivity index is 2.66. The van der Waals surface area contributed by atoms with Gasteiger partial charge in [0.05, 0.1) is 5.56 Å². The fourth-order valence-corrected chi connectivity index (χ4v) is 2.20. The van der Waals surface area contributed by atoms with Crippen LogP contribution in [0.4, 0.5) is 0 Å². The Morgan fingerprint density at radius 1 is 1.06 bits per heavy atom. The van der Waals surface area contributed by atoms with Crippen LogP contribution in [0.1, 0.15) is 10.4 Å². The molecule has 0 aliphatic carbocycles. The maximum atomic E-state index is 11.2. The van der Waals surface area contributed by atoms with E-state index in [4.69, 9.17) is 39.9 Å². The van der Waals surface area contributed by atoms with Gasteiger partial charge in [0, 0.05) is 5.02 Å². The molecule has 0 unspecified atom stereocenters. The van der Waals surface area contributed by atoms with Crippen LogP contribution >= 0.6 is 34.8 Å². The highest BCUT2D eigenvalue weighted by Gasteiger charge is 2.13. The molecule has 2 rings (SSSR count). The van der Waals surface area contributed by atoms with E-state index in [1.54, 1.807) is 24.3 Å². The van der Waals surface area contributed by atoms with Crippen LogP contribution in [-0.4, -0.2) is 16.1 Å². The van der Waals surface area contributed by atoms with Crippen LogP contribution in [-0.2, 0) is 0 Å². The lowest BCUT2D eigenvalue weighted by atomic mass is 10.0. The van der Waals surface area contributed by atoms with E-state index in [-0.39, 0.29) is 15.9 Å². The lowest BCUT2D eigenvalue weighted by Gasteiger charge is -2.07. The summed E-state index contributed by atoms with van der Waals surface area (Å²) in [4.78, 5) is 15.0. The summed E-state index contributed by atoms with van der Waals surface area (Å²) < 4.78 is 0. The highest BCUT2D eigenvalue weighted by molar-refractivity contribution is 6.33. The third-order valence-electron chi connectivity index (χ3n) is 2.29. The molecule has 0 aliphatic heterocycles. The van der Waals surface area contributed by atoms with Crippen molar-refractivity contribution in [2.24, 2.45) is 0 Å². The number of aromatic nitrogens is 1. The number of halogens is 3. The minimum atomic E-state index is -1.07. The number of hydrogen-bond acceptors (Lipinski definition) is 2. The Bertz CT molecular complexity index is 608. The average molecular weight is 303 g/mol. The van der Waals surface area contributed by atoms with E-state index in [9.17, 15) is 4.79 Å². The van der Waals surface area contributed by atoms with Crippen molar-refractivity contribution < 1.29 is 9.90 Å². The second-order valence-electron chi connectivity index (χ2n) is 3.50. The summed E-state index contributed by atoms with van der Waals surface area (Å²) in [5.41, 5.74) is 1.15. The number of rotatable bonds is 2. The van der Waals surface area contributed by atoms with Crippen molar-refractivity contribution in [3.8, 4) is 11.1 Å². The summed E-state index contributed by atoms with van der Waals surface area (Å²) in [6, 6.07) is 7.67. The van der Waals surface area contributed by atoms with E-state index in [1.165, 1.54) is 6.07 Å². The lowest BCUT2D eigenvalue weighted by molar-refractivity contribution is 0.0697. The molecule has 0 radical (unpaired) electrons. The maximum absolute atomic E-state index is 11.2. The van der Waals surface area contributed by atoms with E-state index < -0.39 is 5.97 Å². The minimum absolute atomic E-state index is 0.0841. The second-order valence-corrected chi connectivity index (χ2v) is 4.71. The van der Waals surface area contributed by atoms with E-state index in [1.807, 2.05) is 0 Å². The zero-order chi connectivity index (χ0) is 13.3. The topological polar surface area (TPSA) is 50.2 Å². The van der Waals surface area contributed by atoms with Crippen LogP contribution < -0.4 is 0 Å². The second kappa shape index (κ2) is 5.14. The molecule has 0 spiro atoms. The molecule has 3 nitrogen and oxygen atoms in total. The van der Waals surface area contributed by atoms with Gasteiger partial charge in [-0.25, -0.2) is 9.78 Å². The average Bonchev–Trinajstić information content (AvgIpc) is 2.27. The zero-order valence-corrected chi connectivity index (χ0v) is 11.1. The Kier molecular flexibility index (Phi) is 3.76. The molecule has 0 saturated carbocycles.